The Morgan fingerprint density at radius 3 is 2.80 bits per heavy atom. The van der Waals surface area contributed by atoms with Crippen LogP contribution in [0.15, 0.2) is 10.8 Å². The minimum atomic E-state index is 0.0463. The van der Waals surface area contributed by atoms with E-state index in [9.17, 15) is 4.79 Å². The average molecular weight is 207 g/mol. The van der Waals surface area contributed by atoms with Crippen LogP contribution in [0.2, 0.25) is 0 Å². The van der Waals surface area contributed by atoms with Crippen LogP contribution in [0, 0.1) is 6.92 Å². The highest BCUT2D eigenvalue weighted by atomic mass is 16.5. The zero-order valence-electron chi connectivity index (χ0n) is 8.56. The van der Waals surface area contributed by atoms with Crippen LogP contribution in [0.4, 0.5) is 0 Å². The molecule has 2 atom stereocenters. The first-order valence-electron chi connectivity index (χ1n) is 5.20. The van der Waals surface area contributed by atoms with E-state index in [-0.39, 0.29) is 5.91 Å². The first-order valence-corrected chi connectivity index (χ1v) is 5.20. The number of carbonyl (C=O) groups excluding carboxylic acids is 1. The molecule has 1 N–H and O–H groups in total. The van der Waals surface area contributed by atoms with Gasteiger partial charge in [0.15, 0.2) is 0 Å². The Hall–Kier alpha value is -1.36. The Morgan fingerprint density at radius 1 is 1.60 bits per heavy atom. The second-order valence-corrected chi connectivity index (χ2v) is 4.32. The summed E-state index contributed by atoms with van der Waals surface area (Å²) >= 11 is 0. The van der Waals surface area contributed by atoms with Gasteiger partial charge in [0, 0.05) is 25.2 Å². The predicted octanol–water partition coefficient (Wildman–Crippen LogP) is 0.169. The third kappa shape index (κ3) is 1.34. The minimum Gasteiger partial charge on any atom is -0.364 e. The molecule has 0 aliphatic carbocycles. The molecule has 3 saturated heterocycles. The van der Waals surface area contributed by atoms with Crippen molar-refractivity contribution in [2.75, 3.05) is 13.1 Å². The second-order valence-electron chi connectivity index (χ2n) is 4.32. The summed E-state index contributed by atoms with van der Waals surface area (Å²) in [4.78, 5) is 13.9. The Kier molecular flexibility index (Phi) is 1.82. The molecule has 0 saturated carbocycles. The number of amides is 1. The number of carbonyl (C=O) groups is 1. The number of nitrogens with one attached hydrogen (secondary N) is 1. The number of nitrogens with zero attached hydrogens (tertiary/aromatic N) is 2. The minimum absolute atomic E-state index is 0.0463. The maximum Gasteiger partial charge on any atom is 0.259 e. The third-order valence-electron chi connectivity index (χ3n) is 3.19. The SMILES string of the molecule is Cc1nocc1C(=O)N1CC2CC(C1)N2. The summed E-state index contributed by atoms with van der Waals surface area (Å²) in [5, 5.41) is 7.12. The molecule has 1 amide bonds. The quantitative estimate of drug-likeness (QED) is 0.713. The largest absolute Gasteiger partial charge is 0.364 e. The fourth-order valence-electron chi connectivity index (χ4n) is 2.35. The van der Waals surface area contributed by atoms with Crippen molar-refractivity contribution < 1.29 is 9.32 Å². The number of piperidine rings is 1. The van der Waals surface area contributed by atoms with Crippen LogP contribution < -0.4 is 5.32 Å². The Morgan fingerprint density at radius 2 is 2.27 bits per heavy atom. The highest BCUT2D eigenvalue weighted by Gasteiger charge is 2.38. The number of hydrogen-bond donors (Lipinski definition) is 1. The van der Waals surface area contributed by atoms with Gasteiger partial charge < -0.3 is 14.7 Å². The maximum absolute atomic E-state index is 12.0. The second kappa shape index (κ2) is 3.06. The van der Waals surface area contributed by atoms with Gasteiger partial charge in [0.05, 0.1) is 5.69 Å². The van der Waals surface area contributed by atoms with E-state index in [1.165, 1.54) is 12.7 Å². The molecule has 5 nitrogen and oxygen atoms in total. The Labute approximate surface area is 87.4 Å². The lowest BCUT2D eigenvalue weighted by Gasteiger charge is -2.48. The van der Waals surface area contributed by atoms with Crippen molar-refractivity contribution in [3.63, 3.8) is 0 Å². The zero-order chi connectivity index (χ0) is 10.4. The summed E-state index contributed by atoms with van der Waals surface area (Å²) < 4.78 is 4.78. The van der Waals surface area contributed by atoms with Gasteiger partial charge in [-0.2, -0.15) is 0 Å². The Balaban J connectivity index is 1.78. The van der Waals surface area contributed by atoms with Crippen molar-refractivity contribution in [1.29, 1.82) is 0 Å². The maximum atomic E-state index is 12.0. The lowest BCUT2D eigenvalue weighted by molar-refractivity contribution is 0.0472. The van der Waals surface area contributed by atoms with Crippen molar-refractivity contribution in [3.05, 3.63) is 17.5 Å². The number of fused-ring (bicyclic) bond motifs is 2. The highest BCUT2D eigenvalue weighted by Crippen LogP contribution is 2.22. The monoisotopic (exact) mass is 207 g/mol. The molecule has 3 fully saturated rings. The molecule has 1 aromatic heterocycles. The van der Waals surface area contributed by atoms with Gasteiger partial charge in [-0.3, -0.25) is 4.79 Å². The normalized spacial score (nSPS) is 28.7. The first-order chi connectivity index (χ1) is 7.24. The van der Waals surface area contributed by atoms with Gasteiger partial charge in [0.1, 0.15) is 11.8 Å². The van der Waals surface area contributed by atoms with Gasteiger partial charge in [-0.05, 0) is 13.3 Å². The molecule has 80 valence electrons. The van der Waals surface area contributed by atoms with E-state index in [0.717, 1.165) is 13.1 Å². The van der Waals surface area contributed by atoms with E-state index in [0.29, 0.717) is 23.3 Å². The van der Waals surface area contributed by atoms with Crippen LogP contribution in [-0.4, -0.2) is 41.1 Å². The van der Waals surface area contributed by atoms with Gasteiger partial charge in [-0.15, -0.1) is 0 Å². The van der Waals surface area contributed by atoms with Crippen LogP contribution in [0.5, 0.6) is 0 Å². The van der Waals surface area contributed by atoms with Gasteiger partial charge in [-0.1, -0.05) is 5.16 Å². The molecular weight excluding hydrogens is 194 g/mol. The molecule has 0 aromatic carbocycles. The molecule has 1 aromatic rings. The smallest absolute Gasteiger partial charge is 0.259 e. The lowest BCUT2D eigenvalue weighted by atomic mass is 9.91. The summed E-state index contributed by atoms with van der Waals surface area (Å²) in [5.41, 5.74) is 1.27. The topological polar surface area (TPSA) is 58.4 Å². The van der Waals surface area contributed by atoms with Crippen molar-refractivity contribution in [2.24, 2.45) is 0 Å². The number of hydrogen-bond acceptors (Lipinski definition) is 4. The summed E-state index contributed by atoms with van der Waals surface area (Å²) in [6.07, 6.45) is 2.64. The van der Waals surface area contributed by atoms with Crippen LogP contribution in [-0.2, 0) is 0 Å². The number of aryl methyl sites for hydroxylation is 1. The molecule has 4 heterocycles. The van der Waals surface area contributed by atoms with Crippen LogP contribution in [0.3, 0.4) is 0 Å². The van der Waals surface area contributed by atoms with Crippen molar-refractivity contribution in [1.82, 2.24) is 15.4 Å². The van der Waals surface area contributed by atoms with E-state index in [1.54, 1.807) is 6.92 Å². The highest BCUT2D eigenvalue weighted by molar-refractivity contribution is 5.95. The number of rotatable bonds is 1. The van der Waals surface area contributed by atoms with E-state index in [4.69, 9.17) is 4.52 Å². The van der Waals surface area contributed by atoms with E-state index in [1.807, 2.05) is 4.90 Å². The molecule has 2 bridgehead atoms. The lowest BCUT2D eigenvalue weighted by Crippen LogP contribution is -2.67. The third-order valence-corrected chi connectivity index (χ3v) is 3.19. The average Bonchev–Trinajstić information content (AvgIpc) is 2.62. The van der Waals surface area contributed by atoms with Crippen molar-refractivity contribution >= 4 is 5.91 Å². The molecule has 15 heavy (non-hydrogen) atoms. The first kappa shape index (κ1) is 8.91. The van der Waals surface area contributed by atoms with Crippen molar-refractivity contribution in [2.45, 2.75) is 25.4 Å². The van der Waals surface area contributed by atoms with E-state index in [2.05, 4.69) is 10.5 Å². The summed E-state index contributed by atoms with van der Waals surface area (Å²) in [6, 6.07) is 0.987. The van der Waals surface area contributed by atoms with Crippen LogP contribution >= 0.6 is 0 Å². The van der Waals surface area contributed by atoms with Crippen LogP contribution in [0.1, 0.15) is 22.5 Å². The molecular formula is C10H13N3O2. The zero-order valence-corrected chi connectivity index (χ0v) is 8.56. The molecule has 5 heteroatoms. The van der Waals surface area contributed by atoms with Crippen LogP contribution in [0.25, 0.3) is 0 Å². The number of aromatic nitrogens is 1. The van der Waals surface area contributed by atoms with Gasteiger partial charge in [-0.25, -0.2) is 0 Å². The van der Waals surface area contributed by atoms with E-state index < -0.39 is 0 Å². The summed E-state index contributed by atoms with van der Waals surface area (Å²) in [5.74, 6) is 0.0463. The fraction of sp³-hybridized carbons (Fsp3) is 0.600. The summed E-state index contributed by atoms with van der Waals surface area (Å²) in [6.45, 7) is 3.40. The molecule has 3 aliphatic rings. The predicted molar refractivity (Wildman–Crippen MR) is 52.5 cm³/mol. The Bertz CT molecular complexity index is 385. The van der Waals surface area contributed by atoms with Gasteiger partial charge in [0.25, 0.3) is 5.91 Å². The van der Waals surface area contributed by atoms with Gasteiger partial charge in [0.2, 0.25) is 0 Å². The standard InChI is InChI=1S/C10H13N3O2/c1-6-9(5-15-12-6)10(14)13-3-7-2-8(4-13)11-7/h5,7-8,11H,2-4H2,1H3. The molecule has 2 unspecified atom stereocenters. The fourth-order valence-corrected chi connectivity index (χ4v) is 2.35. The molecule has 4 rings (SSSR count). The van der Waals surface area contributed by atoms with Gasteiger partial charge >= 0.3 is 0 Å². The molecule has 0 spiro atoms. The molecule has 3 aliphatic heterocycles. The molecule has 0 radical (unpaired) electrons. The number of piperazine rings is 1. The summed E-state index contributed by atoms with van der Waals surface area (Å²) in [7, 11) is 0. The van der Waals surface area contributed by atoms with E-state index >= 15 is 0 Å². The van der Waals surface area contributed by atoms with Crippen molar-refractivity contribution in [3.8, 4) is 0 Å².